The molecule has 0 bridgehead atoms. The lowest BCUT2D eigenvalue weighted by Crippen LogP contribution is -2.43. The van der Waals surface area contributed by atoms with Crippen molar-refractivity contribution in [2.24, 2.45) is 0 Å². The number of hydrogen-bond donors (Lipinski definition) is 3. The van der Waals surface area contributed by atoms with E-state index >= 15 is 0 Å². The number of amides is 1. The smallest absolute Gasteiger partial charge is 0.312 e. The van der Waals surface area contributed by atoms with Crippen molar-refractivity contribution in [1.82, 2.24) is 25.1 Å². The second kappa shape index (κ2) is 8.58. The second-order valence-electron chi connectivity index (χ2n) is 7.94. The Bertz CT molecular complexity index is 1370. The quantitative estimate of drug-likeness (QED) is 0.384. The Morgan fingerprint density at radius 1 is 1.24 bits per heavy atom. The van der Waals surface area contributed by atoms with E-state index in [4.69, 9.17) is 4.42 Å². The van der Waals surface area contributed by atoms with E-state index in [1.54, 1.807) is 18.2 Å². The van der Waals surface area contributed by atoms with Crippen LogP contribution in [0.25, 0.3) is 11.5 Å². The lowest BCUT2D eigenvalue weighted by Gasteiger charge is -2.34. The molecule has 11 heteroatoms. The van der Waals surface area contributed by atoms with Crippen molar-refractivity contribution < 1.29 is 23.1 Å². The van der Waals surface area contributed by atoms with Crippen LogP contribution in [-0.2, 0) is 6.42 Å². The number of carbonyl (C=O) groups excluding carboxylic acids is 1. The highest BCUT2D eigenvalue weighted by atomic mass is 19.1. The van der Waals surface area contributed by atoms with Crippen molar-refractivity contribution in [2.45, 2.75) is 19.4 Å². The predicted octanol–water partition coefficient (Wildman–Crippen LogP) is 3.60. The minimum absolute atomic E-state index is 0.109. The Balaban J connectivity index is 1.42. The van der Waals surface area contributed by atoms with E-state index in [-0.39, 0.29) is 35.6 Å². The van der Waals surface area contributed by atoms with Crippen molar-refractivity contribution in [3.63, 3.8) is 0 Å². The number of H-pyrrole nitrogens is 1. The highest BCUT2D eigenvalue weighted by Gasteiger charge is 2.35. The minimum Gasteiger partial charge on any atom is -0.506 e. The first kappa shape index (κ1) is 21.6. The van der Waals surface area contributed by atoms with Gasteiger partial charge < -0.3 is 24.7 Å². The number of nitrogens with one attached hydrogen (secondary N) is 2. The number of aromatic amines is 1. The van der Waals surface area contributed by atoms with E-state index in [9.17, 15) is 18.7 Å². The Labute approximate surface area is 192 Å². The second-order valence-corrected chi connectivity index (χ2v) is 7.94. The molecule has 0 saturated carbocycles. The van der Waals surface area contributed by atoms with Gasteiger partial charge in [0, 0.05) is 36.8 Å². The summed E-state index contributed by atoms with van der Waals surface area (Å²) in [5.41, 5.74) is 2.85. The molecule has 1 unspecified atom stereocenters. The van der Waals surface area contributed by atoms with E-state index in [1.807, 2.05) is 0 Å². The molecule has 1 amide bonds. The third-order valence-corrected chi connectivity index (χ3v) is 5.78. The number of hydrogen-bond acceptors (Lipinski definition) is 7. The molecule has 0 radical (unpaired) electrons. The molecule has 3 N–H and O–H groups in total. The fraction of sp³-hybridized carbons (Fsp3) is 0.217. The predicted molar refractivity (Wildman–Crippen MR) is 117 cm³/mol. The van der Waals surface area contributed by atoms with Gasteiger partial charge in [-0.2, -0.15) is 0 Å². The van der Waals surface area contributed by atoms with E-state index in [1.165, 1.54) is 30.3 Å². The Kier molecular flexibility index (Phi) is 5.44. The molecule has 1 aliphatic rings. The van der Waals surface area contributed by atoms with Crippen LogP contribution in [0.4, 0.5) is 14.5 Å². The lowest BCUT2D eigenvalue weighted by atomic mass is 10.0. The van der Waals surface area contributed by atoms with Crippen LogP contribution < -0.4 is 5.32 Å². The zero-order valence-corrected chi connectivity index (χ0v) is 18.0. The number of phenolic OH excluding ortho intramolecular Hbond substituents is 1. The third-order valence-electron chi connectivity index (χ3n) is 5.78. The zero-order chi connectivity index (χ0) is 23.8. The molecule has 5 rings (SSSR count). The van der Waals surface area contributed by atoms with Gasteiger partial charge in [-0.25, -0.2) is 13.8 Å². The fourth-order valence-corrected chi connectivity index (χ4v) is 4.07. The normalized spacial score (nSPS) is 15.3. The van der Waals surface area contributed by atoms with Crippen molar-refractivity contribution in [2.75, 3.05) is 18.4 Å². The van der Waals surface area contributed by atoms with Crippen LogP contribution in [0, 0.1) is 18.6 Å². The van der Waals surface area contributed by atoms with Crippen molar-refractivity contribution in [1.29, 1.82) is 0 Å². The number of carbonyl (C=O) groups is 1. The van der Waals surface area contributed by atoms with Gasteiger partial charge in [-0.1, -0.05) is 0 Å². The van der Waals surface area contributed by atoms with Crippen molar-refractivity contribution in [3.8, 4) is 17.2 Å². The summed E-state index contributed by atoms with van der Waals surface area (Å²) in [5.74, 6) is -1.61. The Morgan fingerprint density at radius 2 is 2.03 bits per heavy atom. The van der Waals surface area contributed by atoms with E-state index in [0.29, 0.717) is 29.8 Å². The molecule has 3 heterocycles. The molecule has 0 saturated heterocycles. The number of nitrogens with zero attached hydrogens (tertiary/aromatic N) is 4. The first-order chi connectivity index (χ1) is 16.4. The molecule has 2 aromatic carbocycles. The average Bonchev–Trinajstić information content (AvgIpc) is 3.49. The summed E-state index contributed by atoms with van der Waals surface area (Å²) in [6, 6.07) is 7.16. The van der Waals surface area contributed by atoms with Gasteiger partial charge in [0.15, 0.2) is 0 Å². The van der Waals surface area contributed by atoms with Gasteiger partial charge in [-0.3, -0.25) is 4.79 Å². The first-order valence-corrected chi connectivity index (χ1v) is 10.6. The van der Waals surface area contributed by atoms with Crippen molar-refractivity contribution in [3.05, 3.63) is 77.2 Å². The highest BCUT2D eigenvalue weighted by molar-refractivity contribution is 5.90. The van der Waals surface area contributed by atoms with Gasteiger partial charge in [-0.15, -0.1) is 10.2 Å². The molecule has 0 aliphatic carbocycles. The Morgan fingerprint density at radius 3 is 2.85 bits per heavy atom. The van der Waals surface area contributed by atoms with Gasteiger partial charge in [0.05, 0.1) is 23.8 Å². The summed E-state index contributed by atoms with van der Waals surface area (Å²) >= 11 is 0. The third kappa shape index (κ3) is 3.96. The molecular formula is C23H20F2N6O3. The van der Waals surface area contributed by atoms with Gasteiger partial charge >= 0.3 is 11.8 Å². The molecule has 2 aromatic heterocycles. The molecule has 4 aromatic rings. The molecular weight excluding hydrogens is 446 g/mol. The molecule has 0 fully saturated rings. The molecule has 174 valence electrons. The number of rotatable bonds is 5. The van der Waals surface area contributed by atoms with Crippen LogP contribution in [-0.4, -0.2) is 49.2 Å². The van der Waals surface area contributed by atoms with E-state index in [2.05, 4.69) is 25.5 Å². The Hall–Kier alpha value is -4.28. The van der Waals surface area contributed by atoms with Crippen LogP contribution in [0.5, 0.6) is 5.75 Å². The number of aromatic nitrogens is 4. The van der Waals surface area contributed by atoms with E-state index < -0.39 is 17.8 Å². The minimum atomic E-state index is -0.548. The number of halogens is 2. The molecule has 1 atom stereocenters. The summed E-state index contributed by atoms with van der Waals surface area (Å²) in [5, 5.41) is 20.9. The number of phenols is 1. The monoisotopic (exact) mass is 466 g/mol. The van der Waals surface area contributed by atoms with Gasteiger partial charge in [0.25, 0.3) is 0 Å². The topological polar surface area (TPSA) is 120 Å². The summed E-state index contributed by atoms with van der Waals surface area (Å²) in [6.45, 7) is 2.21. The number of benzene rings is 2. The average molecular weight is 466 g/mol. The fourth-order valence-electron chi connectivity index (χ4n) is 4.07. The summed E-state index contributed by atoms with van der Waals surface area (Å²) in [4.78, 5) is 22.3. The standard InChI is InChI=1S/C23H20F2N6O3/c1-12-8-13(24)2-4-15(12)21-29-30-22(34-21)23(33)31-7-6-16-20(28-11-27-16)18(31)10-26-17-9-14(25)3-5-19(17)32/h2-5,8-9,11,18,26,32H,6-7,10H2,1H3,(H,27,28). The van der Waals surface area contributed by atoms with Crippen LogP contribution in [0.1, 0.15) is 33.7 Å². The van der Waals surface area contributed by atoms with Gasteiger partial charge in [0.2, 0.25) is 5.89 Å². The molecule has 34 heavy (non-hydrogen) atoms. The summed E-state index contributed by atoms with van der Waals surface area (Å²) in [7, 11) is 0. The van der Waals surface area contributed by atoms with Crippen LogP contribution in [0.15, 0.2) is 47.1 Å². The maximum Gasteiger partial charge on any atom is 0.312 e. The number of anilines is 1. The van der Waals surface area contributed by atoms with Crippen LogP contribution >= 0.6 is 0 Å². The number of aromatic hydroxyl groups is 1. The van der Waals surface area contributed by atoms with Gasteiger partial charge in [0.1, 0.15) is 17.4 Å². The van der Waals surface area contributed by atoms with Crippen molar-refractivity contribution >= 4 is 11.6 Å². The zero-order valence-electron chi connectivity index (χ0n) is 18.0. The number of fused-ring (bicyclic) bond motifs is 1. The van der Waals surface area contributed by atoms with Crippen LogP contribution in [0.2, 0.25) is 0 Å². The molecule has 0 spiro atoms. The SMILES string of the molecule is Cc1cc(F)ccc1-c1nnc(C(=O)N2CCc3[nH]cnc3C2CNc2cc(F)ccc2O)o1. The number of imidazole rings is 1. The molecule has 1 aliphatic heterocycles. The lowest BCUT2D eigenvalue weighted by molar-refractivity contribution is 0.0626. The summed E-state index contributed by atoms with van der Waals surface area (Å²) < 4.78 is 32.7. The highest BCUT2D eigenvalue weighted by Crippen LogP contribution is 2.31. The maximum atomic E-state index is 13.6. The molecule has 9 nitrogen and oxygen atoms in total. The number of aryl methyl sites for hydroxylation is 1. The first-order valence-electron chi connectivity index (χ1n) is 10.6. The summed E-state index contributed by atoms with van der Waals surface area (Å²) in [6.07, 6.45) is 2.09. The maximum absolute atomic E-state index is 13.6. The largest absolute Gasteiger partial charge is 0.506 e. The van der Waals surface area contributed by atoms with Crippen LogP contribution in [0.3, 0.4) is 0 Å². The van der Waals surface area contributed by atoms with Gasteiger partial charge in [-0.05, 0) is 42.8 Å². The van der Waals surface area contributed by atoms with E-state index in [0.717, 1.165) is 11.8 Å².